The van der Waals surface area contributed by atoms with Gasteiger partial charge in [0.25, 0.3) is 0 Å². The van der Waals surface area contributed by atoms with Crippen molar-refractivity contribution in [3.63, 3.8) is 0 Å². The molecule has 0 saturated carbocycles. The van der Waals surface area contributed by atoms with Crippen molar-refractivity contribution in [2.45, 2.75) is 32.2 Å². The van der Waals surface area contributed by atoms with E-state index in [1.165, 1.54) is 6.92 Å². The Morgan fingerprint density at radius 1 is 1.03 bits per heavy atom. The third kappa shape index (κ3) is 4.35. The lowest BCUT2D eigenvalue weighted by Gasteiger charge is -2.36. The van der Waals surface area contributed by atoms with Gasteiger partial charge in [0, 0.05) is 43.9 Å². The Balaban J connectivity index is 1.18. The van der Waals surface area contributed by atoms with Crippen molar-refractivity contribution in [1.82, 2.24) is 9.80 Å². The summed E-state index contributed by atoms with van der Waals surface area (Å²) in [5.41, 5.74) is 2.67. The average molecular weight is 462 g/mol. The van der Waals surface area contributed by atoms with Gasteiger partial charge in [0.1, 0.15) is 0 Å². The van der Waals surface area contributed by atoms with E-state index in [2.05, 4.69) is 5.32 Å². The summed E-state index contributed by atoms with van der Waals surface area (Å²) in [4.78, 5) is 41.6. The van der Waals surface area contributed by atoms with E-state index in [1.807, 2.05) is 35.2 Å². The first-order valence-corrected chi connectivity index (χ1v) is 11.5. The molecule has 0 radical (unpaired) electrons. The van der Waals surface area contributed by atoms with Crippen LogP contribution in [0.2, 0.25) is 0 Å². The molecule has 0 bridgehead atoms. The molecule has 0 spiro atoms. The molecule has 1 atom stereocenters. The van der Waals surface area contributed by atoms with Crippen LogP contribution in [0.1, 0.15) is 43.4 Å². The number of fused-ring (bicyclic) bond motifs is 2. The molecule has 5 rings (SSSR count). The van der Waals surface area contributed by atoms with Crippen LogP contribution in [0.15, 0.2) is 48.7 Å². The molecule has 3 amide bonds. The molecule has 0 aliphatic carbocycles. The first-order chi connectivity index (χ1) is 16.5. The van der Waals surface area contributed by atoms with E-state index in [-0.39, 0.29) is 42.9 Å². The lowest BCUT2D eigenvalue weighted by molar-refractivity contribution is -0.137. The standard InChI is InChI=1S/C26H27N3O5/c1-17(30)29-13-10-18-4-2-3-5-21(18)22(29)15-25(31)28-11-8-19(9-12-28)26(32)27-20-6-7-23-24(14-20)34-16-33-23/h2-7,10,13-14,19,22H,8-9,11-12,15-16H2,1H3,(H,27,32)/t22-/m0/s1. The van der Waals surface area contributed by atoms with E-state index in [1.54, 1.807) is 29.3 Å². The number of hydrogen-bond donors (Lipinski definition) is 1. The molecule has 1 N–H and O–H groups in total. The van der Waals surface area contributed by atoms with Crippen molar-refractivity contribution >= 4 is 29.5 Å². The van der Waals surface area contributed by atoms with E-state index in [9.17, 15) is 14.4 Å². The van der Waals surface area contributed by atoms with Crippen molar-refractivity contribution in [1.29, 1.82) is 0 Å². The van der Waals surface area contributed by atoms with Gasteiger partial charge in [-0.15, -0.1) is 0 Å². The van der Waals surface area contributed by atoms with Crippen molar-refractivity contribution in [2.75, 3.05) is 25.2 Å². The number of nitrogens with one attached hydrogen (secondary N) is 1. The smallest absolute Gasteiger partial charge is 0.231 e. The second-order valence-corrected chi connectivity index (χ2v) is 8.80. The van der Waals surface area contributed by atoms with Crippen LogP contribution in [0.5, 0.6) is 11.5 Å². The number of nitrogens with zero attached hydrogens (tertiary/aromatic N) is 2. The Labute approximate surface area is 198 Å². The van der Waals surface area contributed by atoms with Gasteiger partial charge >= 0.3 is 0 Å². The van der Waals surface area contributed by atoms with Crippen molar-refractivity contribution in [2.24, 2.45) is 5.92 Å². The fourth-order valence-electron chi connectivity index (χ4n) is 4.82. The maximum Gasteiger partial charge on any atom is 0.231 e. The van der Waals surface area contributed by atoms with Crippen LogP contribution in [0.4, 0.5) is 5.69 Å². The molecule has 3 heterocycles. The Morgan fingerprint density at radius 2 is 1.79 bits per heavy atom. The van der Waals surface area contributed by atoms with Crippen molar-refractivity contribution < 1.29 is 23.9 Å². The van der Waals surface area contributed by atoms with Gasteiger partial charge < -0.3 is 24.6 Å². The summed E-state index contributed by atoms with van der Waals surface area (Å²) in [6.45, 7) is 2.73. The number of piperidine rings is 1. The zero-order chi connectivity index (χ0) is 23.7. The maximum absolute atomic E-state index is 13.2. The largest absolute Gasteiger partial charge is 0.454 e. The fourth-order valence-corrected chi connectivity index (χ4v) is 4.82. The number of benzene rings is 2. The Morgan fingerprint density at radius 3 is 2.59 bits per heavy atom. The van der Waals surface area contributed by atoms with E-state index in [4.69, 9.17) is 9.47 Å². The molecular weight excluding hydrogens is 434 g/mol. The number of carbonyl (C=O) groups is 3. The molecule has 0 unspecified atom stereocenters. The SMILES string of the molecule is CC(=O)N1C=Cc2ccccc2[C@@H]1CC(=O)N1CCC(C(=O)Nc2ccc3c(c2)OCO3)CC1. The monoisotopic (exact) mass is 461 g/mol. The highest BCUT2D eigenvalue weighted by Crippen LogP contribution is 2.35. The maximum atomic E-state index is 13.2. The minimum Gasteiger partial charge on any atom is -0.454 e. The Kier molecular flexibility index (Phi) is 5.96. The summed E-state index contributed by atoms with van der Waals surface area (Å²) in [7, 11) is 0. The minimum atomic E-state index is -0.321. The summed E-state index contributed by atoms with van der Waals surface area (Å²) in [5.74, 6) is 0.973. The first kappa shape index (κ1) is 22.0. The molecule has 176 valence electrons. The van der Waals surface area contributed by atoms with Gasteiger partial charge in [-0.05, 0) is 42.2 Å². The number of carbonyl (C=O) groups excluding carboxylic acids is 3. The predicted molar refractivity (Wildman–Crippen MR) is 126 cm³/mol. The number of hydrogen-bond acceptors (Lipinski definition) is 5. The molecule has 2 aromatic rings. The van der Waals surface area contributed by atoms with Crippen LogP contribution in [0.3, 0.4) is 0 Å². The highest BCUT2D eigenvalue weighted by molar-refractivity contribution is 5.93. The highest BCUT2D eigenvalue weighted by Gasteiger charge is 2.32. The lowest BCUT2D eigenvalue weighted by atomic mass is 9.92. The third-order valence-electron chi connectivity index (χ3n) is 6.70. The summed E-state index contributed by atoms with van der Waals surface area (Å²) in [6, 6.07) is 12.9. The normalized spacial score (nSPS) is 19.0. The molecule has 2 aromatic carbocycles. The minimum absolute atomic E-state index is 0.00372. The second-order valence-electron chi connectivity index (χ2n) is 8.80. The van der Waals surface area contributed by atoms with Gasteiger partial charge in [0.05, 0.1) is 12.5 Å². The molecule has 8 nitrogen and oxygen atoms in total. The van der Waals surface area contributed by atoms with E-state index in [0.717, 1.165) is 11.1 Å². The number of likely N-dealkylation sites (tertiary alicyclic amines) is 1. The quantitative estimate of drug-likeness (QED) is 0.752. The third-order valence-corrected chi connectivity index (χ3v) is 6.70. The topological polar surface area (TPSA) is 88.2 Å². The molecule has 3 aliphatic rings. The Bertz CT molecular complexity index is 1150. The van der Waals surface area contributed by atoms with Crippen LogP contribution in [0, 0.1) is 5.92 Å². The zero-order valence-corrected chi connectivity index (χ0v) is 19.0. The summed E-state index contributed by atoms with van der Waals surface area (Å²) < 4.78 is 10.7. The van der Waals surface area contributed by atoms with E-state index < -0.39 is 0 Å². The van der Waals surface area contributed by atoms with Gasteiger partial charge in [-0.1, -0.05) is 24.3 Å². The molecule has 34 heavy (non-hydrogen) atoms. The van der Waals surface area contributed by atoms with Crippen LogP contribution < -0.4 is 14.8 Å². The predicted octanol–water partition coefficient (Wildman–Crippen LogP) is 3.56. The zero-order valence-electron chi connectivity index (χ0n) is 19.0. The average Bonchev–Trinajstić information content (AvgIpc) is 3.32. The van der Waals surface area contributed by atoms with Crippen molar-refractivity contribution in [3.05, 3.63) is 59.8 Å². The highest BCUT2D eigenvalue weighted by atomic mass is 16.7. The summed E-state index contributed by atoms with van der Waals surface area (Å²) in [6.07, 6.45) is 5.08. The fraction of sp³-hybridized carbons (Fsp3) is 0.346. The van der Waals surface area contributed by atoms with Gasteiger partial charge in [-0.2, -0.15) is 0 Å². The van der Waals surface area contributed by atoms with Gasteiger partial charge in [0.2, 0.25) is 24.5 Å². The van der Waals surface area contributed by atoms with E-state index in [0.29, 0.717) is 43.1 Å². The van der Waals surface area contributed by atoms with Crippen LogP contribution >= 0.6 is 0 Å². The molecule has 8 heteroatoms. The first-order valence-electron chi connectivity index (χ1n) is 11.5. The van der Waals surface area contributed by atoms with Gasteiger partial charge in [-0.25, -0.2) is 0 Å². The lowest BCUT2D eigenvalue weighted by Crippen LogP contribution is -2.43. The molecule has 0 aromatic heterocycles. The number of rotatable bonds is 4. The molecular formula is C26H27N3O5. The Hall–Kier alpha value is -3.81. The number of amides is 3. The van der Waals surface area contributed by atoms with Crippen LogP contribution in [-0.2, 0) is 14.4 Å². The summed E-state index contributed by atoms with van der Waals surface area (Å²) in [5, 5.41) is 2.95. The molecule has 1 saturated heterocycles. The second kappa shape index (κ2) is 9.21. The number of ether oxygens (including phenoxy) is 2. The van der Waals surface area contributed by atoms with Gasteiger partial charge in [-0.3, -0.25) is 14.4 Å². The number of anilines is 1. The van der Waals surface area contributed by atoms with E-state index >= 15 is 0 Å². The van der Waals surface area contributed by atoms with Crippen molar-refractivity contribution in [3.8, 4) is 11.5 Å². The summed E-state index contributed by atoms with van der Waals surface area (Å²) >= 11 is 0. The molecule has 3 aliphatic heterocycles. The van der Waals surface area contributed by atoms with Crippen LogP contribution in [-0.4, -0.2) is 47.4 Å². The molecule has 1 fully saturated rings. The van der Waals surface area contributed by atoms with Crippen LogP contribution in [0.25, 0.3) is 6.08 Å². The van der Waals surface area contributed by atoms with Gasteiger partial charge in [0.15, 0.2) is 11.5 Å².